The first-order valence-corrected chi connectivity index (χ1v) is 10.0. The zero-order valence-corrected chi connectivity index (χ0v) is 16.9. The highest BCUT2D eigenvalue weighted by Gasteiger charge is 2.69. The van der Waals surface area contributed by atoms with Gasteiger partial charge in [-0.15, -0.1) is 0 Å². The Hall–Kier alpha value is -1.91. The highest BCUT2D eigenvalue weighted by atomic mass is 35.5. The predicted octanol–water partition coefficient (Wildman–Crippen LogP) is 5.69. The van der Waals surface area contributed by atoms with E-state index in [1.165, 1.54) is 24.3 Å². The molecule has 3 saturated carbocycles. The third-order valence-electron chi connectivity index (χ3n) is 6.33. The average Bonchev–Trinajstić information content (AvgIpc) is 2.59. The van der Waals surface area contributed by atoms with Crippen molar-refractivity contribution < 1.29 is 14.0 Å². The van der Waals surface area contributed by atoms with Gasteiger partial charge in [-0.1, -0.05) is 23.2 Å². The molecule has 2 aromatic carbocycles. The molecule has 2 aromatic rings. The lowest BCUT2D eigenvalue weighted by atomic mass is 9.32. The molecule has 3 fully saturated rings. The molecule has 146 valence electrons. The van der Waals surface area contributed by atoms with E-state index in [9.17, 15) is 14.0 Å². The van der Waals surface area contributed by atoms with Crippen LogP contribution in [0.5, 0.6) is 0 Å². The monoisotopic (exact) mass is 419 g/mol. The van der Waals surface area contributed by atoms with Crippen LogP contribution >= 0.6 is 23.2 Å². The highest BCUT2D eigenvalue weighted by Crippen LogP contribution is 2.76. The molecule has 1 atom stereocenters. The van der Waals surface area contributed by atoms with Crippen molar-refractivity contribution in [1.82, 2.24) is 5.32 Å². The van der Waals surface area contributed by atoms with E-state index < -0.39 is 0 Å². The molecule has 1 amide bonds. The second kappa shape index (κ2) is 6.85. The molecule has 3 aliphatic rings. The molecule has 1 N–H and O–H groups in total. The molecule has 5 rings (SSSR count). The molecule has 28 heavy (non-hydrogen) atoms. The quantitative estimate of drug-likeness (QED) is 0.610. The summed E-state index contributed by atoms with van der Waals surface area (Å²) < 4.78 is 13.0. The molecule has 0 aliphatic heterocycles. The second-order valence-electron chi connectivity index (χ2n) is 8.32. The van der Waals surface area contributed by atoms with Crippen molar-refractivity contribution in [3.8, 4) is 0 Å². The zero-order chi connectivity index (χ0) is 20.1. The summed E-state index contributed by atoms with van der Waals surface area (Å²) in [5.74, 6) is -0.481. The Balaban J connectivity index is 1.33. The van der Waals surface area contributed by atoms with Crippen molar-refractivity contribution in [3.05, 3.63) is 69.5 Å². The summed E-state index contributed by atoms with van der Waals surface area (Å²) in [5.41, 5.74) is 1.14. The van der Waals surface area contributed by atoms with Gasteiger partial charge < -0.3 is 5.32 Å². The molecule has 2 bridgehead atoms. The van der Waals surface area contributed by atoms with Gasteiger partial charge in [0.2, 0.25) is 0 Å². The van der Waals surface area contributed by atoms with Gasteiger partial charge >= 0.3 is 0 Å². The first-order valence-electron chi connectivity index (χ1n) is 9.27. The molecule has 0 spiro atoms. The SMILES string of the molecule is CC(NC(=O)c1ccc(F)cc1)C12CC(CC(=O)c3ccc(Cl)c(Cl)c3)(C1)C2. The number of rotatable bonds is 6. The maximum atomic E-state index is 13.0. The molecular formula is C22H20Cl2FNO2. The topological polar surface area (TPSA) is 46.2 Å². The van der Waals surface area contributed by atoms with Crippen molar-refractivity contribution in [2.24, 2.45) is 10.8 Å². The summed E-state index contributed by atoms with van der Waals surface area (Å²) in [6.07, 6.45) is 3.28. The maximum Gasteiger partial charge on any atom is 0.251 e. The van der Waals surface area contributed by atoms with Gasteiger partial charge in [-0.05, 0) is 79.5 Å². The summed E-state index contributed by atoms with van der Waals surface area (Å²) in [7, 11) is 0. The Labute approximate surface area is 173 Å². The van der Waals surface area contributed by atoms with Gasteiger partial charge in [-0.2, -0.15) is 0 Å². The fraction of sp³-hybridized carbons (Fsp3) is 0.364. The number of amides is 1. The van der Waals surface area contributed by atoms with Crippen LogP contribution in [0.25, 0.3) is 0 Å². The number of hydrogen-bond donors (Lipinski definition) is 1. The lowest BCUT2D eigenvalue weighted by Crippen LogP contribution is -2.69. The Bertz CT molecular complexity index is 938. The van der Waals surface area contributed by atoms with E-state index in [0.29, 0.717) is 27.6 Å². The van der Waals surface area contributed by atoms with Gasteiger partial charge in [0.25, 0.3) is 5.91 Å². The summed E-state index contributed by atoms with van der Waals surface area (Å²) in [6, 6.07) is 10.5. The highest BCUT2D eigenvalue weighted by molar-refractivity contribution is 6.42. The van der Waals surface area contributed by atoms with Gasteiger partial charge in [0.05, 0.1) is 10.0 Å². The van der Waals surface area contributed by atoms with Crippen molar-refractivity contribution in [3.63, 3.8) is 0 Å². The normalized spacial score (nSPS) is 26.0. The van der Waals surface area contributed by atoms with Crippen LogP contribution in [0.2, 0.25) is 10.0 Å². The predicted molar refractivity (Wildman–Crippen MR) is 107 cm³/mol. The summed E-state index contributed by atoms with van der Waals surface area (Å²) in [6.45, 7) is 2.01. The standard InChI is InChI=1S/C22H20Cl2FNO2/c1-13(26-20(28)14-2-5-16(25)6-3-14)22-10-21(11-22,12-22)9-19(27)15-4-7-17(23)18(24)8-15/h2-8,13H,9-12H2,1H3,(H,26,28). The molecule has 0 heterocycles. The molecule has 0 radical (unpaired) electrons. The molecule has 1 unspecified atom stereocenters. The minimum atomic E-state index is -0.363. The zero-order valence-electron chi connectivity index (χ0n) is 15.4. The van der Waals surface area contributed by atoms with Crippen LogP contribution < -0.4 is 5.32 Å². The molecule has 0 aromatic heterocycles. The smallest absolute Gasteiger partial charge is 0.251 e. The van der Waals surface area contributed by atoms with E-state index in [2.05, 4.69) is 5.32 Å². The van der Waals surface area contributed by atoms with Crippen LogP contribution in [0, 0.1) is 16.6 Å². The molecule has 3 aliphatic carbocycles. The number of nitrogens with one attached hydrogen (secondary N) is 1. The largest absolute Gasteiger partial charge is 0.349 e. The first kappa shape index (κ1) is 19.4. The third-order valence-corrected chi connectivity index (χ3v) is 7.07. The number of carbonyl (C=O) groups excluding carboxylic acids is 2. The minimum absolute atomic E-state index is 0.00649. The Morgan fingerprint density at radius 3 is 2.25 bits per heavy atom. The number of carbonyl (C=O) groups is 2. The second-order valence-corrected chi connectivity index (χ2v) is 9.14. The fourth-order valence-electron chi connectivity index (χ4n) is 4.88. The number of hydrogen-bond acceptors (Lipinski definition) is 2. The maximum absolute atomic E-state index is 13.0. The summed E-state index contributed by atoms with van der Waals surface area (Å²) in [5, 5.41) is 3.86. The van der Waals surface area contributed by atoms with Crippen molar-refractivity contribution in [2.45, 2.75) is 38.6 Å². The van der Waals surface area contributed by atoms with Crippen molar-refractivity contribution in [1.29, 1.82) is 0 Å². The van der Waals surface area contributed by atoms with Gasteiger partial charge in [0, 0.05) is 23.6 Å². The lowest BCUT2D eigenvalue weighted by Gasteiger charge is -2.73. The Morgan fingerprint density at radius 2 is 1.64 bits per heavy atom. The minimum Gasteiger partial charge on any atom is -0.349 e. The van der Waals surface area contributed by atoms with E-state index in [4.69, 9.17) is 23.2 Å². The van der Waals surface area contributed by atoms with E-state index >= 15 is 0 Å². The van der Waals surface area contributed by atoms with Gasteiger partial charge in [0.1, 0.15) is 5.82 Å². The van der Waals surface area contributed by atoms with Gasteiger partial charge in [0.15, 0.2) is 5.78 Å². The summed E-state index contributed by atoms with van der Waals surface area (Å²) >= 11 is 11.9. The van der Waals surface area contributed by atoms with Crippen LogP contribution in [-0.4, -0.2) is 17.7 Å². The average molecular weight is 420 g/mol. The van der Waals surface area contributed by atoms with Crippen molar-refractivity contribution >= 4 is 34.9 Å². The van der Waals surface area contributed by atoms with Crippen LogP contribution in [0.1, 0.15) is 53.3 Å². The number of Topliss-reactive ketones (excluding diaryl/α,β-unsaturated/α-hetero) is 1. The molecular weight excluding hydrogens is 400 g/mol. The van der Waals surface area contributed by atoms with Gasteiger partial charge in [-0.3, -0.25) is 9.59 Å². The third kappa shape index (κ3) is 3.33. The first-order chi connectivity index (χ1) is 13.2. The Kier molecular flexibility index (Phi) is 4.75. The van der Waals surface area contributed by atoms with Crippen molar-refractivity contribution in [2.75, 3.05) is 0 Å². The van der Waals surface area contributed by atoms with Crippen LogP contribution in [0.3, 0.4) is 0 Å². The van der Waals surface area contributed by atoms with E-state index in [-0.39, 0.29) is 34.4 Å². The summed E-state index contributed by atoms with van der Waals surface area (Å²) in [4.78, 5) is 25.0. The number of benzene rings is 2. The van der Waals surface area contributed by atoms with Gasteiger partial charge in [-0.25, -0.2) is 4.39 Å². The van der Waals surface area contributed by atoms with E-state index in [0.717, 1.165) is 19.3 Å². The molecule has 3 nitrogen and oxygen atoms in total. The fourth-order valence-corrected chi connectivity index (χ4v) is 5.18. The van der Waals surface area contributed by atoms with Crippen LogP contribution in [-0.2, 0) is 0 Å². The van der Waals surface area contributed by atoms with E-state index in [1.54, 1.807) is 18.2 Å². The molecule has 6 heteroatoms. The Morgan fingerprint density at radius 1 is 1.04 bits per heavy atom. The van der Waals surface area contributed by atoms with E-state index in [1.807, 2.05) is 6.92 Å². The lowest BCUT2D eigenvalue weighted by molar-refractivity contribution is -0.214. The molecule has 0 saturated heterocycles. The van der Waals surface area contributed by atoms with Crippen LogP contribution in [0.15, 0.2) is 42.5 Å². The van der Waals surface area contributed by atoms with Crippen LogP contribution in [0.4, 0.5) is 4.39 Å². The number of ketones is 1. The number of halogens is 3.